The van der Waals surface area contributed by atoms with Crippen LogP contribution in [0.3, 0.4) is 0 Å². The molecule has 0 aliphatic carbocycles. The molecule has 0 aliphatic heterocycles. The third-order valence-electron chi connectivity index (χ3n) is 3.48. The van der Waals surface area contributed by atoms with Crippen molar-refractivity contribution in [2.75, 3.05) is 0 Å². The van der Waals surface area contributed by atoms with Crippen LogP contribution in [0.25, 0.3) is 10.1 Å². The summed E-state index contributed by atoms with van der Waals surface area (Å²) in [6, 6.07) is 18.2. The van der Waals surface area contributed by atoms with Gasteiger partial charge in [-0.2, -0.15) is 0 Å². The fraction of sp³-hybridized carbons (Fsp3) is 0.211. The Labute approximate surface area is 129 Å². The fourth-order valence-electron chi connectivity index (χ4n) is 2.55. The topological polar surface area (TPSA) is 17.1 Å². The third-order valence-corrected chi connectivity index (χ3v) is 4.60. The quantitative estimate of drug-likeness (QED) is 0.594. The van der Waals surface area contributed by atoms with E-state index in [-0.39, 0.29) is 5.78 Å². The number of rotatable bonds is 4. The lowest BCUT2D eigenvalue weighted by atomic mass is 9.99. The third kappa shape index (κ3) is 3.06. The second kappa shape index (κ2) is 5.82. The van der Waals surface area contributed by atoms with Gasteiger partial charge in [0.1, 0.15) is 0 Å². The summed E-state index contributed by atoms with van der Waals surface area (Å²) in [5, 5.41) is 1.14. The van der Waals surface area contributed by atoms with Crippen LogP contribution in [0.2, 0.25) is 0 Å². The molecule has 106 valence electrons. The molecule has 0 saturated carbocycles. The summed E-state index contributed by atoms with van der Waals surface area (Å²) in [5.74, 6) is 0.724. The normalized spacial score (nSPS) is 11.2. The molecule has 21 heavy (non-hydrogen) atoms. The van der Waals surface area contributed by atoms with Crippen LogP contribution < -0.4 is 0 Å². The van der Waals surface area contributed by atoms with E-state index in [0.717, 1.165) is 22.2 Å². The van der Waals surface area contributed by atoms with E-state index >= 15 is 0 Å². The summed E-state index contributed by atoms with van der Waals surface area (Å²) in [7, 11) is 0. The number of fused-ring (bicyclic) bond motifs is 1. The second-order valence-electron chi connectivity index (χ2n) is 5.78. The number of carbonyl (C=O) groups is 1. The van der Waals surface area contributed by atoms with Gasteiger partial charge in [0.05, 0.1) is 4.88 Å². The molecule has 0 radical (unpaired) electrons. The molecule has 2 aromatic carbocycles. The maximum absolute atomic E-state index is 12.7. The smallest absolute Gasteiger partial charge is 0.202 e. The van der Waals surface area contributed by atoms with Gasteiger partial charge in [0.25, 0.3) is 0 Å². The number of hydrogen-bond donors (Lipinski definition) is 0. The van der Waals surface area contributed by atoms with Gasteiger partial charge in [-0.3, -0.25) is 4.79 Å². The first-order valence-corrected chi connectivity index (χ1v) is 8.07. The van der Waals surface area contributed by atoms with Gasteiger partial charge < -0.3 is 0 Å². The Balaban J connectivity index is 1.94. The van der Waals surface area contributed by atoms with Gasteiger partial charge in [-0.1, -0.05) is 50.2 Å². The summed E-state index contributed by atoms with van der Waals surface area (Å²) in [6.45, 7) is 4.39. The van der Waals surface area contributed by atoms with Crippen molar-refractivity contribution < 1.29 is 4.79 Å². The van der Waals surface area contributed by atoms with Gasteiger partial charge in [-0.15, -0.1) is 11.3 Å². The Hall–Kier alpha value is -1.93. The fourth-order valence-corrected chi connectivity index (χ4v) is 3.57. The van der Waals surface area contributed by atoms with Crippen molar-refractivity contribution in [2.45, 2.75) is 20.3 Å². The molecule has 0 unspecified atom stereocenters. The Bertz CT molecular complexity index is 750. The summed E-state index contributed by atoms with van der Waals surface area (Å²) >= 11 is 1.57. The summed E-state index contributed by atoms with van der Waals surface area (Å²) in [5.41, 5.74) is 2.02. The first-order valence-electron chi connectivity index (χ1n) is 7.25. The highest BCUT2D eigenvalue weighted by Gasteiger charge is 2.13. The van der Waals surface area contributed by atoms with Gasteiger partial charge >= 0.3 is 0 Å². The largest absolute Gasteiger partial charge is 0.288 e. The monoisotopic (exact) mass is 294 g/mol. The van der Waals surface area contributed by atoms with E-state index in [0.29, 0.717) is 5.92 Å². The van der Waals surface area contributed by atoms with Gasteiger partial charge in [-0.25, -0.2) is 0 Å². The van der Waals surface area contributed by atoms with Crippen LogP contribution in [0.4, 0.5) is 0 Å². The van der Waals surface area contributed by atoms with Crippen LogP contribution in [-0.4, -0.2) is 5.78 Å². The molecule has 3 aromatic rings. The number of carbonyl (C=O) groups excluding carboxylic acids is 1. The Kier molecular flexibility index (Phi) is 3.89. The molecular formula is C19H18OS. The lowest BCUT2D eigenvalue weighted by molar-refractivity contribution is 0.104. The standard InChI is InChI=1S/C19H18OS/c1-13(2)10-14-6-5-8-16(11-14)19(20)18-12-15-7-3-4-9-17(15)21-18/h3-9,11-13H,10H2,1-2H3. The Morgan fingerprint density at radius 1 is 1.05 bits per heavy atom. The van der Waals surface area contributed by atoms with E-state index in [1.807, 2.05) is 36.4 Å². The Morgan fingerprint density at radius 2 is 1.86 bits per heavy atom. The van der Waals surface area contributed by atoms with E-state index in [2.05, 4.69) is 32.0 Å². The highest BCUT2D eigenvalue weighted by atomic mass is 32.1. The highest BCUT2D eigenvalue weighted by Crippen LogP contribution is 2.27. The molecule has 0 bridgehead atoms. The minimum atomic E-state index is 0.127. The molecule has 2 heteroatoms. The van der Waals surface area contributed by atoms with Crippen molar-refractivity contribution >= 4 is 27.2 Å². The van der Waals surface area contributed by atoms with Crippen molar-refractivity contribution in [3.63, 3.8) is 0 Å². The predicted octanol–water partition coefficient (Wildman–Crippen LogP) is 5.33. The van der Waals surface area contributed by atoms with Crippen LogP contribution in [0.15, 0.2) is 54.6 Å². The maximum Gasteiger partial charge on any atom is 0.202 e. The SMILES string of the molecule is CC(C)Cc1cccc(C(=O)c2cc3ccccc3s2)c1. The summed E-state index contributed by atoms with van der Waals surface area (Å²) in [6.07, 6.45) is 1.01. The lowest BCUT2D eigenvalue weighted by Gasteiger charge is -2.06. The van der Waals surface area contributed by atoms with E-state index in [1.165, 1.54) is 10.3 Å². The highest BCUT2D eigenvalue weighted by molar-refractivity contribution is 7.21. The molecular weight excluding hydrogens is 276 g/mol. The molecule has 1 heterocycles. The first kappa shape index (κ1) is 14.0. The van der Waals surface area contributed by atoms with Crippen LogP contribution in [0.5, 0.6) is 0 Å². The van der Waals surface area contributed by atoms with Crippen molar-refractivity contribution in [3.8, 4) is 0 Å². The zero-order valence-electron chi connectivity index (χ0n) is 12.3. The van der Waals surface area contributed by atoms with E-state index < -0.39 is 0 Å². The van der Waals surface area contributed by atoms with E-state index in [9.17, 15) is 4.79 Å². The number of hydrogen-bond acceptors (Lipinski definition) is 2. The molecule has 0 spiro atoms. The Morgan fingerprint density at radius 3 is 2.62 bits per heavy atom. The van der Waals surface area contributed by atoms with Crippen LogP contribution >= 0.6 is 11.3 Å². The number of ketones is 1. The van der Waals surface area contributed by atoms with Crippen molar-refractivity contribution in [1.29, 1.82) is 0 Å². The predicted molar refractivity (Wildman–Crippen MR) is 90.2 cm³/mol. The van der Waals surface area contributed by atoms with Crippen molar-refractivity contribution in [1.82, 2.24) is 0 Å². The zero-order chi connectivity index (χ0) is 14.8. The lowest BCUT2D eigenvalue weighted by Crippen LogP contribution is -2.01. The minimum Gasteiger partial charge on any atom is -0.288 e. The minimum absolute atomic E-state index is 0.127. The first-order chi connectivity index (χ1) is 10.1. The zero-order valence-corrected chi connectivity index (χ0v) is 13.1. The summed E-state index contributed by atoms with van der Waals surface area (Å²) < 4.78 is 1.17. The van der Waals surface area contributed by atoms with Crippen molar-refractivity contribution in [3.05, 3.63) is 70.6 Å². The number of benzene rings is 2. The van der Waals surface area contributed by atoms with Crippen LogP contribution in [0, 0.1) is 5.92 Å². The average Bonchev–Trinajstić information content (AvgIpc) is 2.90. The van der Waals surface area contributed by atoms with Crippen molar-refractivity contribution in [2.24, 2.45) is 5.92 Å². The molecule has 0 fully saturated rings. The molecule has 0 N–H and O–H groups in total. The molecule has 1 aromatic heterocycles. The van der Waals surface area contributed by atoms with Gasteiger partial charge in [0.2, 0.25) is 5.78 Å². The van der Waals surface area contributed by atoms with E-state index in [4.69, 9.17) is 0 Å². The molecule has 0 saturated heterocycles. The van der Waals surface area contributed by atoms with Gasteiger partial charge in [-0.05, 0) is 41.5 Å². The molecule has 0 amide bonds. The average molecular weight is 294 g/mol. The molecule has 0 atom stereocenters. The van der Waals surface area contributed by atoms with Gasteiger partial charge in [0, 0.05) is 10.3 Å². The molecule has 3 rings (SSSR count). The second-order valence-corrected chi connectivity index (χ2v) is 6.86. The van der Waals surface area contributed by atoms with Crippen LogP contribution in [0.1, 0.15) is 34.6 Å². The maximum atomic E-state index is 12.7. The number of thiophene rings is 1. The van der Waals surface area contributed by atoms with E-state index in [1.54, 1.807) is 11.3 Å². The summed E-state index contributed by atoms with van der Waals surface area (Å²) in [4.78, 5) is 13.5. The van der Waals surface area contributed by atoms with Gasteiger partial charge in [0.15, 0.2) is 0 Å². The molecule has 0 aliphatic rings. The van der Waals surface area contributed by atoms with Crippen LogP contribution in [-0.2, 0) is 6.42 Å². The molecule has 1 nitrogen and oxygen atoms in total.